The summed E-state index contributed by atoms with van der Waals surface area (Å²) in [6, 6.07) is 15.7. The SMILES string of the molecule is CC(C)CNc1nc2ccccc2n2c(CCCc3ccc(C(N)=O)cc3)cnc12. The number of rotatable bonds is 8. The topological polar surface area (TPSA) is 85.3 Å². The number of para-hydroxylation sites is 2. The third-order valence-corrected chi connectivity index (χ3v) is 5.22. The van der Waals surface area contributed by atoms with E-state index in [-0.39, 0.29) is 0 Å². The van der Waals surface area contributed by atoms with E-state index in [1.54, 1.807) is 12.1 Å². The predicted octanol–water partition coefficient (Wildman–Crippen LogP) is 4.22. The molecule has 30 heavy (non-hydrogen) atoms. The van der Waals surface area contributed by atoms with Crippen LogP contribution in [0.15, 0.2) is 54.7 Å². The number of hydrogen-bond acceptors (Lipinski definition) is 4. The fourth-order valence-electron chi connectivity index (χ4n) is 3.65. The van der Waals surface area contributed by atoms with Crippen LogP contribution in [0.5, 0.6) is 0 Å². The van der Waals surface area contributed by atoms with Crippen molar-refractivity contribution in [3.63, 3.8) is 0 Å². The van der Waals surface area contributed by atoms with Gasteiger partial charge in [-0.1, -0.05) is 38.1 Å². The molecular formula is C24H27N5O. The third kappa shape index (κ3) is 4.13. The third-order valence-electron chi connectivity index (χ3n) is 5.22. The van der Waals surface area contributed by atoms with Crippen molar-refractivity contribution < 1.29 is 4.79 Å². The molecule has 154 valence electrons. The summed E-state index contributed by atoms with van der Waals surface area (Å²) in [6.45, 7) is 5.21. The van der Waals surface area contributed by atoms with E-state index in [0.717, 1.165) is 48.3 Å². The van der Waals surface area contributed by atoms with Gasteiger partial charge in [0.15, 0.2) is 11.5 Å². The Labute approximate surface area is 176 Å². The van der Waals surface area contributed by atoms with E-state index in [9.17, 15) is 4.79 Å². The van der Waals surface area contributed by atoms with Gasteiger partial charge in [-0.05, 0) is 55.0 Å². The number of carbonyl (C=O) groups is 1. The molecule has 6 heteroatoms. The molecule has 0 bridgehead atoms. The van der Waals surface area contributed by atoms with Crippen LogP contribution >= 0.6 is 0 Å². The van der Waals surface area contributed by atoms with Gasteiger partial charge in [0.25, 0.3) is 0 Å². The monoisotopic (exact) mass is 401 g/mol. The lowest BCUT2D eigenvalue weighted by Crippen LogP contribution is -2.11. The van der Waals surface area contributed by atoms with E-state index < -0.39 is 5.91 Å². The molecule has 0 aliphatic rings. The minimum atomic E-state index is -0.394. The maximum Gasteiger partial charge on any atom is 0.248 e. The smallest absolute Gasteiger partial charge is 0.248 e. The summed E-state index contributed by atoms with van der Waals surface area (Å²) in [5.41, 5.74) is 11.1. The minimum Gasteiger partial charge on any atom is -0.367 e. The number of nitrogens with one attached hydrogen (secondary N) is 1. The lowest BCUT2D eigenvalue weighted by Gasteiger charge is -2.12. The first-order chi connectivity index (χ1) is 14.5. The molecule has 0 spiro atoms. The second-order valence-electron chi connectivity index (χ2n) is 8.05. The maximum atomic E-state index is 11.2. The molecule has 4 rings (SSSR count). The minimum absolute atomic E-state index is 0.394. The highest BCUT2D eigenvalue weighted by atomic mass is 16.1. The zero-order valence-electron chi connectivity index (χ0n) is 17.4. The van der Waals surface area contributed by atoms with Crippen LogP contribution in [0, 0.1) is 5.92 Å². The molecule has 1 amide bonds. The Bertz CT molecular complexity index is 1180. The number of nitrogens with two attached hydrogens (primary N) is 1. The number of imidazole rings is 1. The summed E-state index contributed by atoms with van der Waals surface area (Å²) >= 11 is 0. The van der Waals surface area contributed by atoms with Crippen LogP contribution in [0.25, 0.3) is 16.7 Å². The Morgan fingerprint density at radius 2 is 1.87 bits per heavy atom. The Morgan fingerprint density at radius 3 is 2.60 bits per heavy atom. The molecule has 6 nitrogen and oxygen atoms in total. The molecule has 0 saturated heterocycles. The van der Waals surface area contributed by atoms with Crippen molar-refractivity contribution in [2.75, 3.05) is 11.9 Å². The number of anilines is 1. The van der Waals surface area contributed by atoms with Crippen LogP contribution in [0.2, 0.25) is 0 Å². The fraction of sp³-hybridized carbons (Fsp3) is 0.292. The first-order valence-electron chi connectivity index (χ1n) is 10.4. The zero-order valence-corrected chi connectivity index (χ0v) is 17.4. The van der Waals surface area contributed by atoms with Gasteiger partial charge in [0, 0.05) is 24.0 Å². The Morgan fingerprint density at radius 1 is 1.10 bits per heavy atom. The van der Waals surface area contributed by atoms with E-state index in [2.05, 4.69) is 34.6 Å². The normalized spacial score (nSPS) is 11.4. The van der Waals surface area contributed by atoms with Gasteiger partial charge in [0.2, 0.25) is 5.91 Å². The van der Waals surface area contributed by atoms with Crippen molar-refractivity contribution in [3.8, 4) is 0 Å². The number of carbonyl (C=O) groups excluding carboxylic acids is 1. The summed E-state index contributed by atoms with van der Waals surface area (Å²) in [4.78, 5) is 20.7. The standard InChI is InChI=1S/C24H27N5O/c1-16(2)14-26-23-24-27-15-19(29(24)21-9-4-3-8-20(21)28-23)7-5-6-17-10-12-18(13-11-17)22(25)30/h3-4,8-13,15-16H,5-7,14H2,1-2H3,(H2,25,30)(H,26,28). The van der Waals surface area contributed by atoms with Crippen molar-refractivity contribution in [2.45, 2.75) is 33.1 Å². The molecule has 0 saturated carbocycles. The van der Waals surface area contributed by atoms with Crippen LogP contribution in [0.3, 0.4) is 0 Å². The Hall–Kier alpha value is -3.41. The van der Waals surface area contributed by atoms with Gasteiger partial charge in [-0.25, -0.2) is 9.97 Å². The van der Waals surface area contributed by atoms with Gasteiger partial charge in [-0.15, -0.1) is 0 Å². The predicted molar refractivity (Wildman–Crippen MR) is 121 cm³/mol. The summed E-state index contributed by atoms with van der Waals surface area (Å²) in [5, 5.41) is 3.46. The average Bonchev–Trinajstić information content (AvgIpc) is 3.17. The highest BCUT2D eigenvalue weighted by Gasteiger charge is 2.13. The summed E-state index contributed by atoms with van der Waals surface area (Å²) < 4.78 is 2.22. The number of benzene rings is 2. The number of hydrogen-bond donors (Lipinski definition) is 2. The Balaban J connectivity index is 1.58. The second kappa shape index (κ2) is 8.53. The summed E-state index contributed by atoms with van der Waals surface area (Å²) in [5.74, 6) is 0.957. The van der Waals surface area contributed by atoms with Crippen LogP contribution < -0.4 is 11.1 Å². The Kier molecular flexibility index (Phi) is 5.65. The van der Waals surface area contributed by atoms with Gasteiger partial charge >= 0.3 is 0 Å². The van der Waals surface area contributed by atoms with Crippen LogP contribution in [-0.4, -0.2) is 26.8 Å². The largest absolute Gasteiger partial charge is 0.367 e. The number of primary amides is 1. The molecule has 0 aliphatic heterocycles. The van der Waals surface area contributed by atoms with E-state index in [1.807, 2.05) is 36.5 Å². The molecular weight excluding hydrogens is 374 g/mol. The molecule has 0 fully saturated rings. The highest BCUT2D eigenvalue weighted by Crippen LogP contribution is 2.24. The maximum absolute atomic E-state index is 11.2. The zero-order chi connectivity index (χ0) is 21.1. The van der Waals surface area contributed by atoms with Gasteiger partial charge in [0.1, 0.15) is 0 Å². The van der Waals surface area contributed by atoms with Crippen molar-refractivity contribution in [3.05, 3.63) is 71.5 Å². The van der Waals surface area contributed by atoms with Crippen LogP contribution in [0.4, 0.5) is 5.82 Å². The van der Waals surface area contributed by atoms with Crippen molar-refractivity contribution >= 4 is 28.4 Å². The van der Waals surface area contributed by atoms with E-state index in [0.29, 0.717) is 11.5 Å². The summed E-state index contributed by atoms with van der Waals surface area (Å²) in [7, 11) is 0. The molecule has 2 heterocycles. The fourth-order valence-corrected chi connectivity index (χ4v) is 3.65. The van der Waals surface area contributed by atoms with Crippen LogP contribution in [0.1, 0.15) is 41.9 Å². The van der Waals surface area contributed by atoms with Gasteiger partial charge in [-0.2, -0.15) is 0 Å². The molecule has 0 atom stereocenters. The number of aryl methyl sites for hydroxylation is 2. The van der Waals surface area contributed by atoms with Gasteiger partial charge < -0.3 is 11.1 Å². The van der Waals surface area contributed by atoms with Crippen LogP contribution in [-0.2, 0) is 12.8 Å². The molecule has 0 radical (unpaired) electrons. The molecule has 2 aromatic carbocycles. The van der Waals surface area contributed by atoms with E-state index in [1.165, 1.54) is 11.3 Å². The van der Waals surface area contributed by atoms with Crippen molar-refractivity contribution in [1.82, 2.24) is 14.4 Å². The quantitative estimate of drug-likeness (QED) is 0.463. The highest BCUT2D eigenvalue weighted by molar-refractivity contribution is 5.92. The first-order valence-corrected chi connectivity index (χ1v) is 10.4. The molecule has 0 aliphatic carbocycles. The number of fused-ring (bicyclic) bond motifs is 3. The number of amides is 1. The number of nitrogens with zero attached hydrogens (tertiary/aromatic N) is 3. The molecule has 4 aromatic rings. The lowest BCUT2D eigenvalue weighted by molar-refractivity contribution is 0.100. The summed E-state index contributed by atoms with van der Waals surface area (Å²) in [6.07, 6.45) is 4.76. The van der Waals surface area contributed by atoms with Gasteiger partial charge in [-0.3, -0.25) is 9.20 Å². The lowest BCUT2D eigenvalue weighted by atomic mass is 10.1. The first kappa shape index (κ1) is 19.9. The van der Waals surface area contributed by atoms with E-state index >= 15 is 0 Å². The average molecular weight is 402 g/mol. The van der Waals surface area contributed by atoms with E-state index in [4.69, 9.17) is 10.7 Å². The van der Waals surface area contributed by atoms with Crippen molar-refractivity contribution in [1.29, 1.82) is 0 Å². The van der Waals surface area contributed by atoms with Crippen molar-refractivity contribution in [2.24, 2.45) is 11.7 Å². The number of aromatic nitrogens is 3. The second-order valence-corrected chi connectivity index (χ2v) is 8.05. The van der Waals surface area contributed by atoms with Gasteiger partial charge in [0.05, 0.1) is 11.0 Å². The molecule has 0 unspecified atom stereocenters. The molecule has 2 aromatic heterocycles. The molecule has 3 N–H and O–H groups in total.